The van der Waals surface area contributed by atoms with Crippen LogP contribution in [-0.2, 0) is 0 Å². The van der Waals surface area contributed by atoms with E-state index in [1.165, 1.54) is 19.4 Å². The fraction of sp³-hybridized carbons (Fsp3) is 0.0769. The number of nitrogens with two attached hydrogens (primary N) is 1. The molecule has 106 valence electrons. The number of H-pyrrole nitrogens is 2. The van der Waals surface area contributed by atoms with Gasteiger partial charge in [0.15, 0.2) is 11.5 Å². The van der Waals surface area contributed by atoms with Crippen LogP contribution in [0.4, 0.5) is 0 Å². The number of hydrogen-bond acceptors (Lipinski definition) is 5. The van der Waals surface area contributed by atoms with E-state index < -0.39 is 5.91 Å². The molecular weight excluding hydrogens is 274 g/mol. The first kappa shape index (κ1) is 12.9. The highest BCUT2D eigenvalue weighted by molar-refractivity contribution is 5.94. The third kappa shape index (κ3) is 2.12. The van der Waals surface area contributed by atoms with Gasteiger partial charge >= 0.3 is 0 Å². The second kappa shape index (κ2) is 4.75. The van der Waals surface area contributed by atoms with Crippen LogP contribution < -0.4 is 16.0 Å². The van der Waals surface area contributed by atoms with Gasteiger partial charge in [-0.05, 0) is 18.2 Å². The summed E-state index contributed by atoms with van der Waals surface area (Å²) in [5.41, 5.74) is 6.42. The smallest absolute Gasteiger partial charge is 0.290 e. The van der Waals surface area contributed by atoms with Crippen LogP contribution >= 0.6 is 0 Å². The quantitative estimate of drug-likeness (QED) is 0.640. The standard InChI is InChI=1S/C13H11N5O3/c1-21-9-4-6(11(14)19)2-3-7(9)12-16-8-5-15-18-13(20)10(8)17-12/h2-5,15H,1H3,(H2,14,19)(H,18,20). The summed E-state index contributed by atoms with van der Waals surface area (Å²) in [6.45, 7) is 0. The number of ether oxygens (including phenoxy) is 1. The lowest BCUT2D eigenvalue weighted by molar-refractivity contribution is 0.1000. The van der Waals surface area contributed by atoms with E-state index in [4.69, 9.17) is 10.5 Å². The van der Waals surface area contributed by atoms with Crippen LogP contribution in [0, 0.1) is 0 Å². The molecule has 1 aromatic rings. The molecule has 0 unspecified atom stereocenters. The van der Waals surface area contributed by atoms with Crippen LogP contribution in [0.2, 0.25) is 0 Å². The van der Waals surface area contributed by atoms with Gasteiger partial charge in [-0.15, -0.1) is 0 Å². The minimum atomic E-state index is -0.556. The normalized spacial score (nSPS) is 10.7. The summed E-state index contributed by atoms with van der Waals surface area (Å²) in [5.74, 6) is 0.185. The highest BCUT2D eigenvalue weighted by atomic mass is 16.5. The predicted octanol–water partition coefficient (Wildman–Crippen LogP) is 0.372. The topological polar surface area (TPSA) is 127 Å². The van der Waals surface area contributed by atoms with Gasteiger partial charge in [0.25, 0.3) is 5.56 Å². The minimum Gasteiger partial charge on any atom is -0.496 e. The van der Waals surface area contributed by atoms with E-state index in [0.717, 1.165) is 0 Å². The first-order valence-electron chi connectivity index (χ1n) is 6.02. The van der Waals surface area contributed by atoms with Crippen LogP contribution in [0.15, 0.2) is 29.2 Å². The SMILES string of the molecule is COc1cc(C(N)=O)ccc1-c1nc2c[nH][nH]c(=O)c-2n1. The van der Waals surface area contributed by atoms with Crippen LogP contribution in [0.25, 0.3) is 22.8 Å². The summed E-state index contributed by atoms with van der Waals surface area (Å²) in [7, 11) is 1.47. The van der Waals surface area contributed by atoms with Crippen molar-refractivity contribution in [2.45, 2.75) is 0 Å². The number of aromatic amines is 2. The van der Waals surface area contributed by atoms with E-state index in [2.05, 4.69) is 20.2 Å². The Morgan fingerprint density at radius 2 is 2.14 bits per heavy atom. The van der Waals surface area contributed by atoms with Crippen molar-refractivity contribution in [2.24, 2.45) is 5.73 Å². The number of fused-ring (bicyclic) bond motifs is 1. The average molecular weight is 285 g/mol. The molecule has 3 rings (SSSR count). The zero-order chi connectivity index (χ0) is 15.0. The molecule has 0 bridgehead atoms. The van der Waals surface area contributed by atoms with Gasteiger partial charge in [-0.3, -0.25) is 14.7 Å². The Morgan fingerprint density at radius 1 is 1.33 bits per heavy atom. The Hall–Kier alpha value is -3.16. The number of methoxy groups -OCH3 is 1. The molecule has 0 radical (unpaired) electrons. The van der Waals surface area contributed by atoms with Crippen molar-refractivity contribution in [1.29, 1.82) is 0 Å². The lowest BCUT2D eigenvalue weighted by atomic mass is 10.1. The number of nitrogens with one attached hydrogen (secondary N) is 2. The molecule has 4 N–H and O–H groups in total. The maximum atomic E-state index is 11.6. The maximum Gasteiger partial charge on any atom is 0.290 e. The second-order valence-electron chi connectivity index (χ2n) is 4.30. The van der Waals surface area contributed by atoms with Gasteiger partial charge < -0.3 is 15.6 Å². The Morgan fingerprint density at radius 3 is 2.81 bits per heavy atom. The van der Waals surface area contributed by atoms with E-state index >= 15 is 0 Å². The van der Waals surface area contributed by atoms with Crippen LogP contribution in [0.1, 0.15) is 10.4 Å². The molecule has 0 saturated heterocycles. The van der Waals surface area contributed by atoms with Crippen molar-refractivity contribution in [3.05, 3.63) is 40.3 Å². The second-order valence-corrected chi connectivity index (χ2v) is 4.30. The van der Waals surface area contributed by atoms with Crippen molar-refractivity contribution >= 4 is 5.91 Å². The van der Waals surface area contributed by atoms with Crippen molar-refractivity contribution in [2.75, 3.05) is 7.11 Å². The summed E-state index contributed by atoms with van der Waals surface area (Å²) in [6, 6.07) is 4.69. The zero-order valence-electron chi connectivity index (χ0n) is 11.0. The molecule has 1 aromatic carbocycles. The van der Waals surface area contributed by atoms with Crippen molar-refractivity contribution < 1.29 is 9.53 Å². The number of imidazole rings is 1. The zero-order valence-corrected chi connectivity index (χ0v) is 11.0. The Kier molecular flexibility index (Phi) is 2.90. The fourth-order valence-electron chi connectivity index (χ4n) is 2.00. The predicted molar refractivity (Wildman–Crippen MR) is 74.1 cm³/mol. The van der Waals surface area contributed by atoms with Gasteiger partial charge in [0.1, 0.15) is 11.4 Å². The Bertz CT molecular complexity index is 851. The van der Waals surface area contributed by atoms with Crippen molar-refractivity contribution in [3.8, 4) is 28.5 Å². The molecule has 0 aromatic heterocycles. The highest BCUT2D eigenvalue weighted by Crippen LogP contribution is 2.30. The lowest BCUT2D eigenvalue weighted by Crippen LogP contribution is -2.11. The summed E-state index contributed by atoms with van der Waals surface area (Å²) in [6.07, 6.45) is 1.54. The van der Waals surface area contributed by atoms with E-state index in [-0.39, 0.29) is 11.3 Å². The molecule has 8 nitrogen and oxygen atoms in total. The van der Waals surface area contributed by atoms with Gasteiger partial charge in [0, 0.05) is 11.8 Å². The monoisotopic (exact) mass is 285 g/mol. The third-order valence-electron chi connectivity index (χ3n) is 3.02. The first-order chi connectivity index (χ1) is 10.1. The van der Waals surface area contributed by atoms with E-state index in [1.54, 1.807) is 12.1 Å². The van der Waals surface area contributed by atoms with E-state index in [1.807, 2.05) is 0 Å². The lowest BCUT2D eigenvalue weighted by Gasteiger charge is -2.06. The molecule has 8 heteroatoms. The van der Waals surface area contributed by atoms with Gasteiger partial charge in [0.2, 0.25) is 5.91 Å². The molecular formula is C13H11N5O3. The molecule has 0 spiro atoms. The summed E-state index contributed by atoms with van der Waals surface area (Å²) in [5, 5.41) is 5.00. The number of hydrogen-bond donors (Lipinski definition) is 3. The summed E-state index contributed by atoms with van der Waals surface area (Å²) in [4.78, 5) is 31.3. The van der Waals surface area contributed by atoms with Crippen LogP contribution in [-0.4, -0.2) is 33.2 Å². The number of benzene rings is 1. The van der Waals surface area contributed by atoms with Crippen LogP contribution in [0.5, 0.6) is 5.75 Å². The molecule has 2 aliphatic rings. The molecule has 0 aliphatic carbocycles. The number of primary amides is 1. The van der Waals surface area contributed by atoms with Crippen molar-refractivity contribution in [3.63, 3.8) is 0 Å². The molecule has 0 saturated carbocycles. The van der Waals surface area contributed by atoms with E-state index in [9.17, 15) is 9.59 Å². The van der Waals surface area contributed by atoms with E-state index in [0.29, 0.717) is 28.4 Å². The first-order valence-corrected chi connectivity index (χ1v) is 6.02. The fourth-order valence-corrected chi connectivity index (χ4v) is 2.00. The number of amides is 1. The minimum absolute atomic E-state index is 0.227. The highest BCUT2D eigenvalue weighted by Gasteiger charge is 2.18. The molecule has 0 atom stereocenters. The van der Waals surface area contributed by atoms with Crippen molar-refractivity contribution in [1.82, 2.24) is 20.2 Å². The van der Waals surface area contributed by atoms with Gasteiger partial charge in [-0.1, -0.05) is 0 Å². The van der Waals surface area contributed by atoms with Gasteiger partial charge in [-0.25, -0.2) is 9.97 Å². The number of carbonyl (C=O) groups excluding carboxylic acids is 1. The van der Waals surface area contributed by atoms with Crippen LogP contribution in [0.3, 0.4) is 0 Å². The summed E-state index contributed by atoms with van der Waals surface area (Å²) >= 11 is 0. The maximum absolute atomic E-state index is 11.6. The Labute approximate surface area is 118 Å². The average Bonchev–Trinajstić information content (AvgIpc) is 2.91. The number of nitrogens with zero attached hydrogens (tertiary/aromatic N) is 2. The number of rotatable bonds is 3. The molecule has 2 aliphatic heterocycles. The number of carbonyl (C=O) groups is 1. The number of aromatic nitrogens is 4. The molecule has 2 heterocycles. The third-order valence-corrected chi connectivity index (χ3v) is 3.02. The Balaban J connectivity index is 2.19. The largest absolute Gasteiger partial charge is 0.496 e. The summed E-state index contributed by atoms with van der Waals surface area (Å²) < 4.78 is 5.24. The van der Waals surface area contributed by atoms with Gasteiger partial charge in [-0.2, -0.15) is 0 Å². The molecule has 21 heavy (non-hydrogen) atoms. The van der Waals surface area contributed by atoms with Gasteiger partial charge in [0.05, 0.1) is 12.7 Å². The molecule has 1 amide bonds. The molecule has 0 fully saturated rings.